The van der Waals surface area contributed by atoms with Gasteiger partial charge < -0.3 is 53.6 Å². The molecule has 75 heavy (non-hydrogen) atoms. The fourth-order valence-corrected chi connectivity index (χ4v) is 10.2. The molecule has 450 valence electrons. The average Bonchev–Trinajstić information content (AvgIpc) is 4.13. The summed E-state index contributed by atoms with van der Waals surface area (Å²) in [6.45, 7) is 30.1. The second-order valence-electron chi connectivity index (χ2n) is 24.0. The van der Waals surface area contributed by atoms with Crippen LogP contribution in [0.15, 0.2) is 0 Å². The smallest absolute Gasteiger partial charge is 0.0987 e. The van der Waals surface area contributed by atoms with Gasteiger partial charge in [0.1, 0.15) is 0 Å². The van der Waals surface area contributed by atoms with E-state index in [0.29, 0.717) is 0 Å². The van der Waals surface area contributed by atoms with Gasteiger partial charge in [-0.15, -0.1) is 0 Å². The molecule has 11 aliphatic rings. The molecule has 14 nitrogen and oxygen atoms in total. The van der Waals surface area contributed by atoms with Crippen LogP contribution in [0.3, 0.4) is 0 Å². The summed E-state index contributed by atoms with van der Waals surface area (Å²) in [7, 11) is 23.7. The lowest BCUT2D eigenvalue weighted by Gasteiger charge is -2.21. The van der Waals surface area contributed by atoms with E-state index in [2.05, 4.69) is 119 Å². The van der Waals surface area contributed by atoms with E-state index in [1.807, 2.05) is 12.1 Å². The summed E-state index contributed by atoms with van der Waals surface area (Å²) in [5, 5.41) is 1.89. The number of rotatable bonds is 0. The molecule has 0 unspecified atom stereocenters. The number of hydrogen-bond acceptors (Lipinski definition) is 14. The molecular formula is C61H133N11O3. The maximum Gasteiger partial charge on any atom is 0.0987 e. The van der Waals surface area contributed by atoms with Gasteiger partial charge in [0.25, 0.3) is 0 Å². The first kappa shape index (κ1) is 72.5. The molecule has 0 aromatic carbocycles. The number of piperidine rings is 6. The first-order valence-corrected chi connectivity index (χ1v) is 31.7. The monoisotopic (exact) mass is 1070 g/mol. The third kappa shape index (κ3) is 51.3. The summed E-state index contributed by atoms with van der Waals surface area (Å²) < 4.78 is 10.2. The molecule has 11 saturated heterocycles. The van der Waals surface area contributed by atoms with Crippen molar-refractivity contribution in [2.75, 3.05) is 242 Å². The summed E-state index contributed by atoms with van der Waals surface area (Å²) in [5.74, 6) is 0. The lowest BCUT2D eigenvalue weighted by Crippen LogP contribution is -2.32. The van der Waals surface area contributed by atoms with E-state index in [1.54, 1.807) is 0 Å². The van der Waals surface area contributed by atoms with Gasteiger partial charge in [0.15, 0.2) is 0 Å². The fourth-order valence-electron chi connectivity index (χ4n) is 10.2. The second-order valence-corrected chi connectivity index (χ2v) is 24.0. The van der Waals surface area contributed by atoms with Crippen LogP contribution >= 0.6 is 0 Å². The minimum absolute atomic E-state index is 0.819. The van der Waals surface area contributed by atoms with Crippen molar-refractivity contribution in [1.82, 2.24) is 54.1 Å². The Morgan fingerprint density at radius 1 is 0.173 bits per heavy atom. The van der Waals surface area contributed by atoms with Crippen LogP contribution in [0.4, 0.5) is 0 Å². The highest BCUT2D eigenvalue weighted by molar-refractivity contribution is 4.63. The van der Waals surface area contributed by atoms with Gasteiger partial charge in [-0.3, -0.25) is 9.74 Å². The molecule has 0 atom stereocenters. The Bertz CT molecular complexity index is 860. The molecule has 0 aromatic heterocycles. The Balaban J connectivity index is 0.000000413. The van der Waals surface area contributed by atoms with Crippen LogP contribution in [0.5, 0.6) is 0 Å². The molecule has 11 rings (SSSR count). The van der Waals surface area contributed by atoms with Gasteiger partial charge in [0, 0.05) is 39.8 Å². The molecule has 0 radical (unpaired) electrons. The molecule has 11 aliphatic heterocycles. The Labute approximate surface area is 468 Å². The van der Waals surface area contributed by atoms with E-state index < -0.39 is 0 Å². The van der Waals surface area contributed by atoms with Gasteiger partial charge in [-0.25, -0.2) is 0 Å². The molecule has 11 fully saturated rings. The van der Waals surface area contributed by atoms with E-state index in [4.69, 9.17) is 14.3 Å². The molecule has 0 bridgehead atoms. The van der Waals surface area contributed by atoms with Crippen molar-refractivity contribution in [3.05, 3.63) is 0 Å². The van der Waals surface area contributed by atoms with Gasteiger partial charge in [-0.1, -0.05) is 38.5 Å². The van der Waals surface area contributed by atoms with Crippen LogP contribution in [0.1, 0.15) is 161 Å². The van der Waals surface area contributed by atoms with Crippen molar-refractivity contribution in [2.45, 2.75) is 161 Å². The zero-order chi connectivity index (χ0) is 54.8. The minimum Gasteiger partial charge on any atom is -0.379 e. The maximum atomic E-state index is 5.11. The highest BCUT2D eigenvalue weighted by Crippen LogP contribution is 2.09. The van der Waals surface area contributed by atoms with Crippen LogP contribution in [0.25, 0.3) is 0 Å². The number of likely N-dealkylation sites (tertiary alicyclic amines) is 8. The number of hydrogen-bond donors (Lipinski definition) is 0. The molecule has 0 saturated carbocycles. The SMILES string of the molecule is CN1CCCC1.CN1CCCC1.CN1CCCCC1.CN1CCCCC1.CN1CCCCC1.CN1CCCCC1.CN1CCCCC1.CN1CCCCC1.CN1CCCCO1.CN1CCCOC1.CN1CCOCC1. The topological polar surface area (TPSA) is 63.3 Å². The number of hydroxylamine groups is 2. The summed E-state index contributed by atoms with van der Waals surface area (Å²) >= 11 is 0. The summed E-state index contributed by atoms with van der Waals surface area (Å²) in [6.07, 6.45) is 35.0. The van der Waals surface area contributed by atoms with E-state index in [-0.39, 0.29) is 0 Å². The zero-order valence-corrected chi connectivity index (χ0v) is 52.5. The standard InChI is InChI=1S/6C6H13N.3C5H11NO.2C5H11N/c6*1-7-5-3-2-4-6-7;1-6-2-4-7-5-3-6;1-6-3-2-4-7-5-6;1-6-4-2-3-5-7-6;2*1-6-4-2-3-5-6/h6*2-6H2,1H3;3*2-5H2,1H3;2*2-5H2,1H3. The van der Waals surface area contributed by atoms with Crippen LogP contribution in [0.2, 0.25) is 0 Å². The van der Waals surface area contributed by atoms with E-state index in [1.165, 1.54) is 272 Å². The van der Waals surface area contributed by atoms with Crippen LogP contribution in [-0.4, -0.2) is 296 Å². The predicted molar refractivity (Wildman–Crippen MR) is 326 cm³/mol. The molecule has 11 heterocycles. The van der Waals surface area contributed by atoms with Crippen LogP contribution in [-0.2, 0) is 14.3 Å². The summed E-state index contributed by atoms with van der Waals surface area (Å²) in [5.41, 5.74) is 0. The van der Waals surface area contributed by atoms with Gasteiger partial charge in [0.2, 0.25) is 0 Å². The highest BCUT2D eigenvalue weighted by Gasteiger charge is 2.09. The fraction of sp³-hybridized carbons (Fsp3) is 1.00. The number of likely N-dealkylation sites (N-methyl/N-ethyl adjacent to an activating group) is 1. The van der Waals surface area contributed by atoms with Crippen LogP contribution in [0, 0.1) is 0 Å². The second kappa shape index (κ2) is 52.8. The molecule has 0 spiro atoms. The van der Waals surface area contributed by atoms with E-state index in [9.17, 15) is 0 Å². The van der Waals surface area contributed by atoms with Crippen molar-refractivity contribution in [3.63, 3.8) is 0 Å². The number of morpholine rings is 1. The summed E-state index contributed by atoms with van der Waals surface area (Å²) in [6, 6.07) is 0. The molecule has 14 heteroatoms. The Morgan fingerprint density at radius 2 is 0.400 bits per heavy atom. The number of ether oxygens (including phenoxy) is 2. The van der Waals surface area contributed by atoms with Crippen molar-refractivity contribution in [2.24, 2.45) is 0 Å². The van der Waals surface area contributed by atoms with Gasteiger partial charge in [-0.05, 0) is 297 Å². The Morgan fingerprint density at radius 3 is 0.507 bits per heavy atom. The van der Waals surface area contributed by atoms with Gasteiger partial charge in [0.05, 0.1) is 26.6 Å². The van der Waals surface area contributed by atoms with Crippen molar-refractivity contribution >= 4 is 0 Å². The average molecular weight is 1070 g/mol. The van der Waals surface area contributed by atoms with Crippen LogP contribution < -0.4 is 0 Å². The molecule has 0 amide bonds. The first-order chi connectivity index (χ1) is 36.3. The first-order valence-electron chi connectivity index (χ1n) is 31.7. The van der Waals surface area contributed by atoms with Crippen molar-refractivity contribution < 1.29 is 14.3 Å². The van der Waals surface area contributed by atoms with E-state index >= 15 is 0 Å². The maximum absolute atomic E-state index is 5.11. The Kier molecular flexibility index (Phi) is 51.0. The third-order valence-electron chi connectivity index (χ3n) is 15.7. The lowest BCUT2D eigenvalue weighted by atomic mass is 10.1. The largest absolute Gasteiger partial charge is 0.379 e. The van der Waals surface area contributed by atoms with Crippen molar-refractivity contribution in [1.29, 1.82) is 0 Å². The third-order valence-corrected chi connectivity index (χ3v) is 15.7. The molecule has 0 N–H and O–H groups in total. The molecular weight excluding hydrogens is 935 g/mol. The predicted octanol–water partition coefficient (Wildman–Crippen LogP) is 8.92. The lowest BCUT2D eigenvalue weighted by molar-refractivity contribution is -0.161. The minimum atomic E-state index is 0.819. The zero-order valence-electron chi connectivity index (χ0n) is 52.5. The number of nitrogens with zero attached hydrogens (tertiary/aromatic N) is 11. The quantitative estimate of drug-likeness (QED) is 0.232. The molecule has 0 aromatic rings. The Hall–Kier alpha value is -0.560. The highest BCUT2D eigenvalue weighted by atomic mass is 16.7. The normalized spacial score (nSPS) is 25.3. The summed E-state index contributed by atoms with van der Waals surface area (Å²) in [4.78, 5) is 28.6. The van der Waals surface area contributed by atoms with E-state index in [0.717, 1.165) is 52.8 Å². The van der Waals surface area contributed by atoms with Gasteiger partial charge >= 0.3 is 0 Å². The van der Waals surface area contributed by atoms with Crippen molar-refractivity contribution in [3.8, 4) is 0 Å². The molecule has 0 aliphatic carbocycles. The van der Waals surface area contributed by atoms with Gasteiger partial charge in [-0.2, -0.15) is 5.06 Å².